The Bertz CT molecular complexity index is 1800. The summed E-state index contributed by atoms with van der Waals surface area (Å²) in [6.45, 7) is 3.76. The molecule has 4 atom stereocenters. The number of urea groups is 1. The maximum absolute atomic E-state index is 13.1. The molecule has 0 aliphatic carbocycles. The topological polar surface area (TPSA) is 156 Å². The number of nitro benzene ring substituents is 1. The quantitative estimate of drug-likeness (QED) is 0.0995. The van der Waals surface area contributed by atoms with Crippen molar-refractivity contribution in [2.75, 3.05) is 50.1 Å². The number of esters is 1. The number of piperazine rings is 1. The number of non-ortho nitro benzene ring substituents is 1. The number of carbonyl (C=O) groups is 2. The third-order valence-electron chi connectivity index (χ3n) is 9.37. The SMILES string of the molecule is COC(=O)C(Cc1ccccc1)NC(=O)Nc1cccc(C2OC(CN3CCN(c4ccc([N+](=O)[O-])cc4)CC3)CC(c3ccc(CO)cc3)O2)c1. The molecule has 0 aromatic heterocycles. The lowest BCUT2D eigenvalue weighted by molar-refractivity contribution is -0.384. The zero-order valence-electron chi connectivity index (χ0n) is 28.9. The first kappa shape index (κ1) is 36.5. The fourth-order valence-electron chi connectivity index (χ4n) is 6.57. The van der Waals surface area contributed by atoms with E-state index in [2.05, 4.69) is 20.4 Å². The van der Waals surface area contributed by atoms with Crippen LogP contribution in [0.4, 0.5) is 21.9 Å². The Morgan fingerprint density at radius 3 is 2.31 bits per heavy atom. The number of nitro groups is 1. The maximum atomic E-state index is 13.1. The Labute approximate surface area is 302 Å². The fraction of sp³-hybridized carbons (Fsp3) is 0.333. The van der Waals surface area contributed by atoms with Gasteiger partial charge in [0.2, 0.25) is 0 Å². The van der Waals surface area contributed by atoms with E-state index in [0.29, 0.717) is 18.7 Å². The number of methoxy groups -OCH3 is 1. The summed E-state index contributed by atoms with van der Waals surface area (Å²) in [5.74, 6) is -0.548. The molecule has 2 heterocycles. The minimum absolute atomic E-state index is 0.0496. The number of aliphatic hydroxyl groups excluding tert-OH is 1. The van der Waals surface area contributed by atoms with Gasteiger partial charge in [-0.2, -0.15) is 0 Å². The summed E-state index contributed by atoms with van der Waals surface area (Å²) in [6.07, 6.45) is -0.288. The first-order chi connectivity index (χ1) is 25.3. The van der Waals surface area contributed by atoms with E-state index in [0.717, 1.165) is 54.1 Å². The summed E-state index contributed by atoms with van der Waals surface area (Å²) in [5, 5.41) is 26.2. The standard InChI is InChI=1S/C39H43N5O8/c1-50-37(46)35(22-27-6-3-2-4-7-27)41-39(47)40-31-9-5-8-30(23-31)38-51-34(24-36(52-38)29-12-10-28(26-45)11-13-29)25-42-18-20-43(21-19-42)32-14-16-33(17-15-32)44(48)49/h2-17,23,34-36,38,45H,18-22,24-26H2,1H3,(H2,40,41,47). The van der Waals surface area contributed by atoms with Crippen molar-refractivity contribution < 1.29 is 33.8 Å². The molecule has 52 heavy (non-hydrogen) atoms. The minimum atomic E-state index is -0.879. The first-order valence-corrected chi connectivity index (χ1v) is 17.3. The molecule has 4 unspecified atom stereocenters. The Hall–Kier alpha value is -5.34. The van der Waals surface area contributed by atoms with Gasteiger partial charge >= 0.3 is 12.0 Å². The van der Waals surface area contributed by atoms with Crippen molar-refractivity contribution in [3.8, 4) is 0 Å². The van der Waals surface area contributed by atoms with Crippen LogP contribution in [0.1, 0.15) is 41.1 Å². The Kier molecular flexibility index (Phi) is 12.1. The number of hydrogen-bond donors (Lipinski definition) is 3. The average molecular weight is 710 g/mol. The van der Waals surface area contributed by atoms with E-state index >= 15 is 0 Å². The average Bonchev–Trinajstić information content (AvgIpc) is 3.18. The molecule has 4 aromatic carbocycles. The number of carbonyl (C=O) groups excluding carboxylic acids is 2. The molecular formula is C39H43N5O8. The van der Waals surface area contributed by atoms with Crippen LogP contribution in [-0.4, -0.2) is 78.9 Å². The van der Waals surface area contributed by atoms with Crippen molar-refractivity contribution in [3.05, 3.63) is 135 Å². The fourth-order valence-corrected chi connectivity index (χ4v) is 6.57. The van der Waals surface area contributed by atoms with E-state index in [-0.39, 0.29) is 30.9 Å². The molecule has 2 aliphatic rings. The lowest BCUT2D eigenvalue weighted by atomic mass is 9.99. The van der Waals surface area contributed by atoms with Crippen molar-refractivity contribution in [2.24, 2.45) is 0 Å². The van der Waals surface area contributed by atoms with Crippen LogP contribution in [0.2, 0.25) is 0 Å². The van der Waals surface area contributed by atoms with Gasteiger partial charge in [0, 0.05) is 74.6 Å². The molecule has 0 radical (unpaired) electrons. The number of aliphatic hydroxyl groups is 1. The molecule has 0 saturated carbocycles. The number of nitrogens with one attached hydrogen (secondary N) is 2. The van der Waals surface area contributed by atoms with E-state index in [1.807, 2.05) is 66.7 Å². The molecule has 0 spiro atoms. The molecule has 0 bridgehead atoms. The van der Waals surface area contributed by atoms with Crippen LogP contribution >= 0.6 is 0 Å². The van der Waals surface area contributed by atoms with E-state index in [1.165, 1.54) is 19.2 Å². The first-order valence-electron chi connectivity index (χ1n) is 17.3. The van der Waals surface area contributed by atoms with Gasteiger partial charge in [0.15, 0.2) is 6.29 Å². The largest absolute Gasteiger partial charge is 0.467 e. The van der Waals surface area contributed by atoms with Crippen molar-refractivity contribution in [3.63, 3.8) is 0 Å². The highest BCUT2D eigenvalue weighted by Crippen LogP contribution is 2.39. The third-order valence-corrected chi connectivity index (χ3v) is 9.37. The number of nitrogens with zero attached hydrogens (tertiary/aromatic N) is 3. The van der Waals surface area contributed by atoms with Crippen molar-refractivity contribution in [2.45, 2.75) is 44.0 Å². The molecule has 2 saturated heterocycles. The Morgan fingerprint density at radius 1 is 0.904 bits per heavy atom. The van der Waals surface area contributed by atoms with Gasteiger partial charge in [-0.05, 0) is 41.0 Å². The van der Waals surface area contributed by atoms with Crippen LogP contribution in [0.15, 0.2) is 103 Å². The number of amides is 2. The predicted octanol–water partition coefficient (Wildman–Crippen LogP) is 5.36. The van der Waals surface area contributed by atoms with Gasteiger partial charge in [0.1, 0.15) is 6.04 Å². The van der Waals surface area contributed by atoms with E-state index in [4.69, 9.17) is 14.2 Å². The van der Waals surface area contributed by atoms with E-state index < -0.39 is 29.3 Å². The zero-order valence-corrected chi connectivity index (χ0v) is 28.9. The second-order valence-corrected chi connectivity index (χ2v) is 12.9. The summed E-state index contributed by atoms with van der Waals surface area (Å²) >= 11 is 0. The predicted molar refractivity (Wildman–Crippen MR) is 195 cm³/mol. The van der Waals surface area contributed by atoms with Gasteiger partial charge in [-0.15, -0.1) is 0 Å². The summed E-state index contributed by atoms with van der Waals surface area (Å²) in [7, 11) is 1.29. The maximum Gasteiger partial charge on any atom is 0.328 e. The van der Waals surface area contributed by atoms with Gasteiger partial charge in [0.25, 0.3) is 5.69 Å². The van der Waals surface area contributed by atoms with Crippen LogP contribution in [0, 0.1) is 10.1 Å². The second-order valence-electron chi connectivity index (χ2n) is 12.9. The summed E-state index contributed by atoms with van der Waals surface area (Å²) in [4.78, 5) is 40.9. The number of anilines is 2. The highest BCUT2D eigenvalue weighted by molar-refractivity contribution is 5.92. The lowest BCUT2D eigenvalue weighted by Crippen LogP contribution is -2.49. The van der Waals surface area contributed by atoms with Crippen molar-refractivity contribution >= 4 is 29.1 Å². The van der Waals surface area contributed by atoms with E-state index in [9.17, 15) is 24.8 Å². The Morgan fingerprint density at radius 2 is 1.63 bits per heavy atom. The normalized spacial score (nSPS) is 19.7. The molecule has 6 rings (SSSR count). The van der Waals surface area contributed by atoms with Crippen LogP contribution in [0.5, 0.6) is 0 Å². The van der Waals surface area contributed by atoms with Crippen LogP contribution in [-0.2, 0) is 32.0 Å². The van der Waals surface area contributed by atoms with Crippen LogP contribution < -0.4 is 15.5 Å². The third kappa shape index (κ3) is 9.50. The van der Waals surface area contributed by atoms with Crippen LogP contribution in [0.25, 0.3) is 0 Å². The molecule has 13 nitrogen and oxygen atoms in total. The second kappa shape index (κ2) is 17.2. The van der Waals surface area contributed by atoms with Gasteiger partial charge < -0.3 is 34.9 Å². The van der Waals surface area contributed by atoms with Crippen LogP contribution in [0.3, 0.4) is 0 Å². The smallest absolute Gasteiger partial charge is 0.328 e. The molecule has 272 valence electrons. The van der Waals surface area contributed by atoms with Crippen molar-refractivity contribution in [1.82, 2.24) is 10.2 Å². The lowest BCUT2D eigenvalue weighted by Gasteiger charge is -2.41. The van der Waals surface area contributed by atoms with Gasteiger partial charge in [-0.25, -0.2) is 9.59 Å². The molecule has 2 aliphatic heterocycles. The monoisotopic (exact) mass is 709 g/mol. The molecular weight excluding hydrogens is 666 g/mol. The van der Waals surface area contributed by atoms with Gasteiger partial charge in [-0.3, -0.25) is 15.0 Å². The molecule has 3 N–H and O–H groups in total. The highest BCUT2D eigenvalue weighted by atomic mass is 16.7. The number of rotatable bonds is 12. The number of ether oxygens (including phenoxy) is 3. The molecule has 2 fully saturated rings. The molecule has 2 amide bonds. The molecule has 13 heteroatoms. The summed E-state index contributed by atoms with van der Waals surface area (Å²) < 4.78 is 18.1. The Balaban J connectivity index is 1.12. The van der Waals surface area contributed by atoms with Crippen molar-refractivity contribution in [1.29, 1.82) is 0 Å². The summed E-state index contributed by atoms with van der Waals surface area (Å²) in [6, 6.07) is 29.6. The summed E-state index contributed by atoms with van der Waals surface area (Å²) in [5.41, 5.74) is 4.91. The van der Waals surface area contributed by atoms with Gasteiger partial charge in [-0.1, -0.05) is 66.7 Å². The highest BCUT2D eigenvalue weighted by Gasteiger charge is 2.34. The number of benzene rings is 4. The van der Waals surface area contributed by atoms with Gasteiger partial charge in [0.05, 0.1) is 30.8 Å². The molecule has 4 aromatic rings. The zero-order chi connectivity index (χ0) is 36.5. The minimum Gasteiger partial charge on any atom is -0.467 e. The van der Waals surface area contributed by atoms with E-state index in [1.54, 1.807) is 24.3 Å². The number of hydrogen-bond acceptors (Lipinski definition) is 10.